The van der Waals surface area contributed by atoms with Gasteiger partial charge in [-0.1, -0.05) is 12.2 Å². The number of rotatable bonds is 3. The minimum Gasteiger partial charge on any atom is -0.439 e. The van der Waals surface area contributed by atoms with Crippen LogP contribution in [0.2, 0.25) is 0 Å². The quantitative estimate of drug-likeness (QED) is 0.856. The molecule has 1 N–H and O–H groups in total. The first-order valence-corrected chi connectivity index (χ1v) is 6.26. The maximum Gasteiger partial charge on any atom is 0.197 e. The molecule has 0 radical (unpaired) electrons. The highest BCUT2D eigenvalue weighted by Crippen LogP contribution is 2.30. The van der Waals surface area contributed by atoms with Crippen molar-refractivity contribution < 1.29 is 9.52 Å². The molecule has 16 heavy (non-hydrogen) atoms. The van der Waals surface area contributed by atoms with E-state index in [2.05, 4.69) is 0 Å². The van der Waals surface area contributed by atoms with Gasteiger partial charge in [-0.2, -0.15) is 0 Å². The van der Waals surface area contributed by atoms with Crippen LogP contribution >= 0.6 is 23.6 Å². The third kappa shape index (κ3) is 1.98. The second-order valence-corrected chi connectivity index (χ2v) is 4.99. The fourth-order valence-electron chi connectivity index (χ4n) is 1.49. The van der Waals surface area contributed by atoms with Gasteiger partial charge < -0.3 is 14.4 Å². The van der Waals surface area contributed by atoms with E-state index < -0.39 is 0 Å². The number of aliphatic hydroxyl groups excluding tert-OH is 1. The summed E-state index contributed by atoms with van der Waals surface area (Å²) >= 11 is 6.93. The number of hydrogen-bond acceptors (Lipinski definition) is 5. The normalized spacial score (nSPS) is 10.9. The van der Waals surface area contributed by atoms with Crippen molar-refractivity contribution in [2.75, 3.05) is 25.1 Å². The number of anilines is 1. The summed E-state index contributed by atoms with van der Waals surface area (Å²) < 4.78 is 7.61. The lowest BCUT2D eigenvalue weighted by Crippen LogP contribution is -2.20. The van der Waals surface area contributed by atoms with Crippen LogP contribution in [-0.2, 0) is 0 Å². The van der Waals surface area contributed by atoms with Gasteiger partial charge in [0.2, 0.25) is 0 Å². The third-order valence-electron chi connectivity index (χ3n) is 2.41. The second kappa shape index (κ2) is 4.53. The maximum absolute atomic E-state index is 8.89. The molecule has 0 unspecified atom stereocenters. The van der Waals surface area contributed by atoms with Gasteiger partial charge in [0, 0.05) is 25.2 Å². The lowest BCUT2D eigenvalue weighted by atomic mass is 10.3. The standard InChI is InChI=1S/C11H13NO2S2/c1-7-6-16-11-8(15)5-9(14-10(7)11)12(2)3-4-13/h5-6,13H,3-4H2,1-2H3. The molecule has 5 heteroatoms. The zero-order chi connectivity index (χ0) is 11.7. The minimum absolute atomic E-state index is 0.0967. The summed E-state index contributed by atoms with van der Waals surface area (Å²) in [6.45, 7) is 2.64. The largest absolute Gasteiger partial charge is 0.439 e. The Morgan fingerprint density at radius 3 is 3.00 bits per heavy atom. The van der Waals surface area contributed by atoms with Crippen LogP contribution in [0.25, 0.3) is 10.3 Å². The SMILES string of the molecule is Cc1csc2c(=S)cc(N(C)CCO)oc12. The predicted octanol–water partition coefficient (Wildman–Crippen LogP) is 2.96. The van der Waals surface area contributed by atoms with Crippen LogP contribution in [0.4, 0.5) is 5.88 Å². The molecular formula is C11H13NO2S2. The molecule has 0 saturated carbocycles. The molecule has 2 aromatic heterocycles. The minimum atomic E-state index is 0.0967. The van der Waals surface area contributed by atoms with E-state index in [1.165, 1.54) is 0 Å². The van der Waals surface area contributed by atoms with Crippen molar-refractivity contribution in [2.24, 2.45) is 0 Å². The lowest BCUT2D eigenvalue weighted by Gasteiger charge is -2.16. The van der Waals surface area contributed by atoms with Crippen LogP contribution in [0.15, 0.2) is 15.9 Å². The molecule has 0 amide bonds. The lowest BCUT2D eigenvalue weighted by molar-refractivity contribution is 0.302. The number of aliphatic hydroxyl groups is 1. The zero-order valence-electron chi connectivity index (χ0n) is 9.19. The average molecular weight is 255 g/mol. The molecule has 2 rings (SSSR count). The van der Waals surface area contributed by atoms with Gasteiger partial charge in [-0.15, -0.1) is 11.3 Å². The second-order valence-electron chi connectivity index (χ2n) is 3.67. The van der Waals surface area contributed by atoms with Crippen molar-refractivity contribution in [1.29, 1.82) is 0 Å². The summed E-state index contributed by atoms with van der Waals surface area (Å²) in [5.74, 6) is 0.702. The number of aryl methyl sites for hydroxylation is 1. The van der Waals surface area contributed by atoms with E-state index in [9.17, 15) is 0 Å². The molecule has 0 aliphatic carbocycles. The number of thiophene rings is 1. The Labute approximate surface area is 103 Å². The first-order valence-electron chi connectivity index (χ1n) is 4.97. The Morgan fingerprint density at radius 1 is 1.56 bits per heavy atom. The monoisotopic (exact) mass is 255 g/mol. The number of nitrogens with zero attached hydrogens (tertiary/aromatic N) is 1. The van der Waals surface area contributed by atoms with Gasteiger partial charge in [-0.3, -0.25) is 0 Å². The Morgan fingerprint density at radius 2 is 2.31 bits per heavy atom. The zero-order valence-corrected chi connectivity index (χ0v) is 10.8. The average Bonchev–Trinajstić information content (AvgIpc) is 2.61. The molecule has 0 bridgehead atoms. The van der Waals surface area contributed by atoms with Gasteiger partial charge in [0.25, 0.3) is 0 Å². The van der Waals surface area contributed by atoms with Crippen LogP contribution in [-0.4, -0.2) is 25.3 Å². The summed E-state index contributed by atoms with van der Waals surface area (Å²) in [5, 5.41) is 10.9. The van der Waals surface area contributed by atoms with Gasteiger partial charge in [0.1, 0.15) is 0 Å². The predicted molar refractivity (Wildman–Crippen MR) is 70.0 cm³/mol. The Balaban J connectivity index is 2.56. The van der Waals surface area contributed by atoms with E-state index in [0.29, 0.717) is 12.4 Å². The van der Waals surface area contributed by atoms with E-state index in [1.807, 2.05) is 30.3 Å². The van der Waals surface area contributed by atoms with Crippen molar-refractivity contribution >= 4 is 39.7 Å². The van der Waals surface area contributed by atoms with E-state index in [4.69, 9.17) is 21.7 Å². The summed E-state index contributed by atoms with van der Waals surface area (Å²) in [7, 11) is 1.87. The van der Waals surface area contributed by atoms with Gasteiger partial charge in [-0.05, 0) is 12.3 Å². The Hall–Kier alpha value is -0.910. The van der Waals surface area contributed by atoms with Crippen molar-refractivity contribution in [2.45, 2.75) is 6.92 Å². The third-order valence-corrected chi connectivity index (χ3v) is 3.98. The highest BCUT2D eigenvalue weighted by atomic mass is 32.1. The summed E-state index contributed by atoms with van der Waals surface area (Å²) in [6.07, 6.45) is 0. The molecule has 0 atom stereocenters. The molecule has 2 heterocycles. The number of likely N-dealkylation sites (N-methyl/N-ethyl adjacent to an activating group) is 1. The molecule has 2 aromatic rings. The van der Waals surface area contributed by atoms with Crippen LogP contribution < -0.4 is 4.90 Å². The van der Waals surface area contributed by atoms with Gasteiger partial charge in [-0.25, -0.2) is 0 Å². The molecule has 0 aliphatic heterocycles. The Kier molecular flexibility index (Phi) is 3.28. The summed E-state index contributed by atoms with van der Waals surface area (Å²) in [6, 6.07) is 1.84. The molecular weight excluding hydrogens is 242 g/mol. The number of fused-ring (bicyclic) bond motifs is 1. The molecule has 0 saturated heterocycles. The van der Waals surface area contributed by atoms with Crippen LogP contribution in [0.5, 0.6) is 0 Å². The van der Waals surface area contributed by atoms with Crippen LogP contribution in [0.3, 0.4) is 0 Å². The first kappa shape index (κ1) is 11.6. The fourth-order valence-corrected chi connectivity index (χ4v) is 2.71. The number of hydrogen-bond donors (Lipinski definition) is 1. The van der Waals surface area contributed by atoms with Gasteiger partial charge >= 0.3 is 0 Å². The summed E-state index contributed by atoms with van der Waals surface area (Å²) in [4.78, 5) is 1.85. The van der Waals surface area contributed by atoms with Gasteiger partial charge in [0.15, 0.2) is 11.5 Å². The smallest absolute Gasteiger partial charge is 0.197 e. The van der Waals surface area contributed by atoms with Crippen molar-refractivity contribution in [3.63, 3.8) is 0 Å². The molecule has 0 aliphatic rings. The van der Waals surface area contributed by atoms with Crippen LogP contribution in [0.1, 0.15) is 5.56 Å². The topological polar surface area (TPSA) is 36.6 Å². The highest BCUT2D eigenvalue weighted by molar-refractivity contribution is 7.72. The van der Waals surface area contributed by atoms with E-state index >= 15 is 0 Å². The molecule has 86 valence electrons. The molecule has 3 nitrogen and oxygen atoms in total. The van der Waals surface area contributed by atoms with Crippen molar-refractivity contribution in [1.82, 2.24) is 0 Å². The molecule has 0 aromatic carbocycles. The van der Waals surface area contributed by atoms with Crippen molar-refractivity contribution in [3.8, 4) is 0 Å². The maximum atomic E-state index is 8.89. The highest BCUT2D eigenvalue weighted by Gasteiger charge is 2.09. The van der Waals surface area contributed by atoms with E-state index in [1.54, 1.807) is 11.3 Å². The molecule has 0 spiro atoms. The van der Waals surface area contributed by atoms with Crippen molar-refractivity contribution in [3.05, 3.63) is 21.5 Å². The first-order chi connectivity index (χ1) is 7.63. The summed E-state index contributed by atoms with van der Waals surface area (Å²) in [5.41, 5.74) is 1.96. The van der Waals surface area contributed by atoms with E-state index in [-0.39, 0.29) is 6.61 Å². The fraction of sp³-hybridized carbons (Fsp3) is 0.364. The van der Waals surface area contributed by atoms with Gasteiger partial charge in [0.05, 0.1) is 15.8 Å². The Bertz CT molecular complexity index is 559. The molecule has 0 fully saturated rings. The van der Waals surface area contributed by atoms with E-state index in [0.717, 1.165) is 20.4 Å². The van der Waals surface area contributed by atoms with Crippen LogP contribution in [0, 0.1) is 11.4 Å².